The second kappa shape index (κ2) is 6.55. The number of carbonyl (C=O) groups excluding carboxylic acids is 1. The van der Waals surface area contributed by atoms with Crippen LogP contribution in [-0.2, 0) is 11.2 Å². The highest BCUT2D eigenvalue weighted by molar-refractivity contribution is 5.87. The molecule has 1 fully saturated rings. The van der Waals surface area contributed by atoms with Crippen LogP contribution in [0.2, 0.25) is 0 Å². The summed E-state index contributed by atoms with van der Waals surface area (Å²) in [5.41, 5.74) is 1.13. The average Bonchev–Trinajstić information content (AvgIpc) is 2.64. The van der Waals surface area contributed by atoms with Gasteiger partial charge in [-0.25, -0.2) is 4.79 Å². The minimum atomic E-state index is -0.941. The molecule has 108 valence electrons. The van der Waals surface area contributed by atoms with Crippen LogP contribution in [0.4, 0.5) is 0 Å². The SMILES string of the molecule is CC1CCCCN(C(=O)Cc2ccc(C(=O)O)cc2)C1. The van der Waals surface area contributed by atoms with Crippen molar-refractivity contribution in [1.29, 1.82) is 0 Å². The summed E-state index contributed by atoms with van der Waals surface area (Å²) < 4.78 is 0. The first kappa shape index (κ1) is 14.6. The maximum atomic E-state index is 12.3. The molecule has 1 aromatic rings. The van der Waals surface area contributed by atoms with E-state index >= 15 is 0 Å². The number of hydrogen-bond donors (Lipinski definition) is 1. The van der Waals surface area contributed by atoms with Crippen LogP contribution in [0.5, 0.6) is 0 Å². The zero-order valence-corrected chi connectivity index (χ0v) is 11.8. The molecule has 1 aliphatic rings. The van der Waals surface area contributed by atoms with Gasteiger partial charge >= 0.3 is 5.97 Å². The van der Waals surface area contributed by atoms with Gasteiger partial charge in [0.2, 0.25) is 5.91 Å². The van der Waals surface area contributed by atoms with Crippen molar-refractivity contribution >= 4 is 11.9 Å². The number of carboxylic acid groups (broad SMARTS) is 1. The minimum absolute atomic E-state index is 0.141. The Bertz CT molecular complexity index is 481. The van der Waals surface area contributed by atoms with E-state index in [1.807, 2.05) is 4.90 Å². The molecule has 1 aliphatic heterocycles. The van der Waals surface area contributed by atoms with E-state index in [2.05, 4.69) is 6.92 Å². The topological polar surface area (TPSA) is 57.6 Å². The summed E-state index contributed by atoms with van der Waals surface area (Å²) >= 11 is 0. The molecule has 2 rings (SSSR count). The number of carboxylic acids is 1. The van der Waals surface area contributed by atoms with Crippen LogP contribution in [0.15, 0.2) is 24.3 Å². The van der Waals surface area contributed by atoms with E-state index in [4.69, 9.17) is 5.11 Å². The third-order valence-corrected chi connectivity index (χ3v) is 3.82. The summed E-state index contributed by atoms with van der Waals surface area (Å²) in [5, 5.41) is 8.85. The molecule has 1 unspecified atom stereocenters. The molecule has 4 nitrogen and oxygen atoms in total. The molecule has 0 aromatic heterocycles. The summed E-state index contributed by atoms with van der Waals surface area (Å²) in [7, 11) is 0. The molecule has 1 saturated heterocycles. The second-order valence-corrected chi connectivity index (χ2v) is 5.62. The number of benzene rings is 1. The van der Waals surface area contributed by atoms with Gasteiger partial charge in [-0.2, -0.15) is 0 Å². The zero-order chi connectivity index (χ0) is 14.5. The van der Waals surface area contributed by atoms with Crippen LogP contribution in [-0.4, -0.2) is 35.0 Å². The molecule has 1 heterocycles. The van der Waals surface area contributed by atoms with Gasteiger partial charge in [-0.15, -0.1) is 0 Å². The van der Waals surface area contributed by atoms with Crippen LogP contribution in [0.3, 0.4) is 0 Å². The van der Waals surface area contributed by atoms with Crippen molar-refractivity contribution < 1.29 is 14.7 Å². The minimum Gasteiger partial charge on any atom is -0.478 e. The Kier molecular flexibility index (Phi) is 4.77. The highest BCUT2D eigenvalue weighted by atomic mass is 16.4. The average molecular weight is 275 g/mol. The molecular formula is C16H21NO3. The number of rotatable bonds is 3. The summed E-state index contributed by atoms with van der Waals surface area (Å²) in [6.45, 7) is 3.87. The number of likely N-dealkylation sites (tertiary alicyclic amines) is 1. The van der Waals surface area contributed by atoms with Gasteiger partial charge in [0.15, 0.2) is 0 Å². The van der Waals surface area contributed by atoms with Crippen LogP contribution >= 0.6 is 0 Å². The van der Waals surface area contributed by atoms with Gasteiger partial charge < -0.3 is 10.0 Å². The predicted molar refractivity (Wildman–Crippen MR) is 76.7 cm³/mol. The zero-order valence-electron chi connectivity index (χ0n) is 11.8. The third kappa shape index (κ3) is 3.83. The summed E-state index contributed by atoms with van der Waals surface area (Å²) in [5.74, 6) is -0.234. The summed E-state index contributed by atoms with van der Waals surface area (Å²) in [4.78, 5) is 25.0. The van der Waals surface area contributed by atoms with E-state index in [0.29, 0.717) is 12.3 Å². The van der Waals surface area contributed by atoms with Crippen molar-refractivity contribution in [2.24, 2.45) is 5.92 Å². The fraction of sp³-hybridized carbons (Fsp3) is 0.500. The first-order valence-corrected chi connectivity index (χ1v) is 7.16. The van der Waals surface area contributed by atoms with E-state index in [1.54, 1.807) is 24.3 Å². The number of nitrogens with zero attached hydrogens (tertiary/aromatic N) is 1. The molecule has 4 heteroatoms. The third-order valence-electron chi connectivity index (χ3n) is 3.82. The second-order valence-electron chi connectivity index (χ2n) is 5.62. The first-order valence-electron chi connectivity index (χ1n) is 7.16. The van der Waals surface area contributed by atoms with Crippen LogP contribution in [0.25, 0.3) is 0 Å². The Balaban J connectivity index is 1.97. The molecule has 0 radical (unpaired) electrons. The maximum absolute atomic E-state index is 12.3. The summed E-state index contributed by atoms with van der Waals surface area (Å²) in [6, 6.07) is 6.55. The Hall–Kier alpha value is -1.84. The number of amides is 1. The Labute approximate surface area is 119 Å². The standard InChI is InChI=1S/C16H21NO3/c1-12-4-2-3-9-17(11-12)15(18)10-13-5-7-14(8-6-13)16(19)20/h5-8,12H,2-4,9-11H2,1H3,(H,19,20). The molecular weight excluding hydrogens is 254 g/mol. The molecule has 0 bridgehead atoms. The van der Waals surface area contributed by atoms with Crippen molar-refractivity contribution in [2.45, 2.75) is 32.6 Å². The van der Waals surface area contributed by atoms with E-state index in [0.717, 1.165) is 25.1 Å². The largest absolute Gasteiger partial charge is 0.478 e. The molecule has 1 aromatic carbocycles. The van der Waals surface area contributed by atoms with Crippen molar-refractivity contribution in [3.05, 3.63) is 35.4 Å². The molecule has 1 atom stereocenters. The number of hydrogen-bond acceptors (Lipinski definition) is 2. The van der Waals surface area contributed by atoms with Gasteiger partial charge in [-0.1, -0.05) is 25.5 Å². The smallest absolute Gasteiger partial charge is 0.335 e. The maximum Gasteiger partial charge on any atom is 0.335 e. The summed E-state index contributed by atoms with van der Waals surface area (Å²) in [6.07, 6.45) is 3.82. The van der Waals surface area contributed by atoms with Crippen LogP contribution in [0, 0.1) is 5.92 Å². The monoisotopic (exact) mass is 275 g/mol. The fourth-order valence-electron chi connectivity index (χ4n) is 2.63. The lowest BCUT2D eigenvalue weighted by Crippen LogP contribution is -2.35. The lowest BCUT2D eigenvalue weighted by Gasteiger charge is -2.22. The first-order chi connectivity index (χ1) is 9.56. The van der Waals surface area contributed by atoms with Gasteiger partial charge in [0, 0.05) is 13.1 Å². The molecule has 1 amide bonds. The van der Waals surface area contributed by atoms with Crippen molar-refractivity contribution in [3.63, 3.8) is 0 Å². The molecule has 0 saturated carbocycles. The van der Waals surface area contributed by atoms with Crippen LogP contribution in [0.1, 0.15) is 42.1 Å². The van der Waals surface area contributed by atoms with Gasteiger partial charge in [0.1, 0.15) is 0 Å². The molecule has 20 heavy (non-hydrogen) atoms. The Morgan fingerprint density at radius 2 is 1.95 bits per heavy atom. The number of carbonyl (C=O) groups is 2. The van der Waals surface area contributed by atoms with Gasteiger partial charge in [-0.3, -0.25) is 4.79 Å². The molecule has 0 aliphatic carbocycles. The van der Waals surface area contributed by atoms with Gasteiger partial charge in [-0.05, 0) is 36.5 Å². The molecule has 0 spiro atoms. The highest BCUT2D eigenvalue weighted by Crippen LogP contribution is 2.17. The quantitative estimate of drug-likeness (QED) is 0.922. The normalized spacial score (nSPS) is 19.4. The Morgan fingerprint density at radius 1 is 1.25 bits per heavy atom. The molecule has 1 N–H and O–H groups in total. The van der Waals surface area contributed by atoms with Crippen LogP contribution < -0.4 is 0 Å². The van der Waals surface area contributed by atoms with E-state index in [1.165, 1.54) is 12.8 Å². The number of aromatic carboxylic acids is 1. The predicted octanol–water partition coefficient (Wildman–Crippen LogP) is 2.58. The van der Waals surface area contributed by atoms with Crippen molar-refractivity contribution in [3.8, 4) is 0 Å². The van der Waals surface area contributed by atoms with Gasteiger partial charge in [0.25, 0.3) is 0 Å². The van der Waals surface area contributed by atoms with Crippen molar-refractivity contribution in [2.75, 3.05) is 13.1 Å². The highest BCUT2D eigenvalue weighted by Gasteiger charge is 2.19. The van der Waals surface area contributed by atoms with E-state index < -0.39 is 5.97 Å². The van der Waals surface area contributed by atoms with E-state index in [-0.39, 0.29) is 11.5 Å². The Morgan fingerprint density at radius 3 is 2.60 bits per heavy atom. The lowest BCUT2D eigenvalue weighted by atomic mass is 10.1. The van der Waals surface area contributed by atoms with Gasteiger partial charge in [0.05, 0.1) is 12.0 Å². The van der Waals surface area contributed by atoms with Crippen molar-refractivity contribution in [1.82, 2.24) is 4.90 Å². The van der Waals surface area contributed by atoms with E-state index in [9.17, 15) is 9.59 Å². The fourth-order valence-corrected chi connectivity index (χ4v) is 2.63. The lowest BCUT2D eigenvalue weighted by molar-refractivity contribution is -0.130.